The normalized spacial score (nSPS) is 28.6. The van der Waals surface area contributed by atoms with Gasteiger partial charge < -0.3 is 35.6 Å². The molecule has 13 nitrogen and oxygen atoms in total. The first-order valence-corrected chi connectivity index (χ1v) is 32.2. The van der Waals surface area contributed by atoms with Gasteiger partial charge in [0.2, 0.25) is 5.91 Å². The van der Waals surface area contributed by atoms with Crippen LogP contribution >= 0.6 is 0 Å². The maximum atomic E-state index is 13.5. The number of aliphatic hydroxyl groups is 5. The summed E-state index contributed by atoms with van der Waals surface area (Å²) < 4.78 is 13.7. The van der Waals surface area contributed by atoms with E-state index in [1.165, 1.54) is 3.58 Å². The molecule has 1 amide bonds. The smallest absolute Gasteiger partial charge is 0.394 e. The zero-order chi connectivity index (χ0) is 45.2. The molecule has 1 aliphatic carbocycles. The molecule has 1 aromatic carbocycles. The number of aliphatic hydroxyl groups excluding tert-OH is 5. The van der Waals surface area contributed by atoms with Crippen LogP contribution in [0.1, 0.15) is 72.8 Å². The number of fused-ring (bicyclic) bond motifs is 5. The van der Waals surface area contributed by atoms with E-state index >= 15 is 0 Å². The molecular weight excluding hydrogens is 905 g/mol. The summed E-state index contributed by atoms with van der Waals surface area (Å²) in [5.41, 5.74) is 14.3. The van der Waals surface area contributed by atoms with E-state index in [1.54, 1.807) is 0 Å². The third-order valence-electron chi connectivity index (χ3n) is 13.7. The van der Waals surface area contributed by atoms with Gasteiger partial charge in [-0.1, -0.05) is 13.8 Å². The topological polar surface area (TPSA) is 198 Å². The summed E-state index contributed by atoms with van der Waals surface area (Å²) in [6.45, 7) is 12.4. The third-order valence-corrected chi connectivity index (χ3v) is 19.5. The van der Waals surface area contributed by atoms with Gasteiger partial charge in [-0.2, -0.15) is 0 Å². The Hall–Kier alpha value is -4.22. The average molecular weight is 967 g/mol. The molecule has 14 heteroatoms. The molecule has 334 valence electrons. The first kappa shape index (κ1) is 45.4. The van der Waals surface area contributed by atoms with Crippen molar-refractivity contribution in [3.8, 4) is 0 Å². The number of hydrogen-bond acceptors (Lipinski definition) is 12. The zero-order valence-corrected chi connectivity index (χ0v) is 40.6. The predicted molar refractivity (Wildman–Crippen MR) is 247 cm³/mol. The molecule has 0 saturated carbocycles. The van der Waals surface area contributed by atoms with Crippen LogP contribution in [-0.4, -0.2) is 110 Å². The Bertz CT molecular complexity index is 2490. The van der Waals surface area contributed by atoms with Crippen molar-refractivity contribution in [2.24, 2.45) is 26.8 Å². The molecule has 63 heavy (non-hydrogen) atoms. The van der Waals surface area contributed by atoms with Crippen molar-refractivity contribution in [1.29, 1.82) is 0 Å². The third kappa shape index (κ3) is 8.46. The van der Waals surface area contributed by atoms with Crippen LogP contribution < -0.4 is 14.2 Å². The first-order chi connectivity index (χ1) is 29.9. The number of hydrogen-bond donors (Lipinski definition) is 7. The number of amides is 1. The van der Waals surface area contributed by atoms with Gasteiger partial charge in [0, 0.05) is 35.6 Å². The van der Waals surface area contributed by atoms with Gasteiger partial charge in [0.25, 0.3) is 0 Å². The Morgan fingerprint density at radius 1 is 0.984 bits per heavy atom. The van der Waals surface area contributed by atoms with E-state index in [9.17, 15) is 30.3 Å². The predicted octanol–water partition coefficient (Wildman–Crippen LogP) is 5.50. The molecule has 2 fully saturated rings. The minimum absolute atomic E-state index is 0.0302. The van der Waals surface area contributed by atoms with Crippen molar-refractivity contribution in [3.05, 3.63) is 121 Å². The summed E-state index contributed by atoms with van der Waals surface area (Å²) in [6, 6.07) is 8.82. The van der Waals surface area contributed by atoms with Gasteiger partial charge >= 0.3 is 189 Å². The molecule has 6 aliphatic heterocycles. The SMILES string of the molecule is CCC1=C(C)C2=NC1=CC1=C(C)C3=C(O)CC(=C4NC(=CC5=NC(=C2)C(C(C)OCc2ccc[c]([Sn]([CH3])([CH3])[CH3])c2)=C5C)[C@@H](C)[C@@H]4CCC(=O)N[C@@H]2O[C@H](CO)[C@H](O)[C@H](O)[C@H]2O)C3=N1. The van der Waals surface area contributed by atoms with E-state index in [0.29, 0.717) is 18.7 Å². The fraction of sp³-hybridized carbons (Fsp3) is 0.469. The summed E-state index contributed by atoms with van der Waals surface area (Å²) in [6.07, 6.45) is 0.145. The number of rotatable bonds is 11. The Morgan fingerprint density at radius 3 is 2.43 bits per heavy atom. The minimum atomic E-state index is -2.30. The first-order valence-electron chi connectivity index (χ1n) is 22.2. The van der Waals surface area contributed by atoms with Crippen LogP contribution in [0.5, 0.6) is 0 Å². The van der Waals surface area contributed by atoms with E-state index in [4.69, 9.17) is 24.5 Å². The standard InChI is InChI=1S/C46H52N5O8.3CH3.Sn/c1-7-27-21(2)30-18-35-39(25(6)58-20-26-11-9-8-10-12-26)23(4)32(48-35)16-31-22(3)28(13-14-38(54)51-46-45(57)44(56)43(55)37(19-52)59-46)41(49-31)29-15-36(53)40-24(5)33(50-42(29)40)17-34(27)47-30;;;;/h8-9,11-12,16-18,22,25,28,37,43-46,49,52-53,55-57H,7,13-15,19-20H2,1-6H3,(H,51,54);3*1H3;/t22-,25?,28-,37+,43-,44-,45+,46+;;;;/m0..../s1. The molecule has 0 aromatic heterocycles. The Balaban J connectivity index is 1.17. The Labute approximate surface area is 373 Å². The maximum absolute atomic E-state index is 13.5. The molecule has 8 bridgehead atoms. The molecule has 1 aromatic rings. The average Bonchev–Trinajstić information content (AvgIpc) is 4.01. The quantitative estimate of drug-likeness (QED) is 0.140. The summed E-state index contributed by atoms with van der Waals surface area (Å²) >= 11 is -2.30. The molecule has 8 atom stereocenters. The number of aliphatic imine (C=N–C) groups is 3. The molecule has 1 unspecified atom stereocenters. The minimum Gasteiger partial charge on any atom is -0.394 e. The van der Waals surface area contributed by atoms with Gasteiger partial charge in [-0.15, -0.1) is 0 Å². The van der Waals surface area contributed by atoms with Crippen LogP contribution in [0.2, 0.25) is 14.8 Å². The monoisotopic (exact) mass is 967 g/mol. The molecule has 8 rings (SSSR count). The van der Waals surface area contributed by atoms with Crippen LogP contribution in [0.25, 0.3) is 0 Å². The van der Waals surface area contributed by atoms with Crippen molar-refractivity contribution in [2.45, 2.75) is 125 Å². The van der Waals surface area contributed by atoms with Crippen LogP contribution in [0, 0.1) is 11.8 Å². The van der Waals surface area contributed by atoms with Gasteiger partial charge in [-0.25, -0.2) is 4.99 Å². The van der Waals surface area contributed by atoms with Crippen molar-refractivity contribution < 1.29 is 39.8 Å². The summed E-state index contributed by atoms with van der Waals surface area (Å²) in [5.74, 6) is -0.525. The number of allylic oxidation sites excluding steroid dienone is 11. The number of ether oxygens (including phenoxy) is 2. The molecule has 7 N–H and O–H groups in total. The van der Waals surface area contributed by atoms with Crippen LogP contribution in [0.3, 0.4) is 0 Å². The van der Waals surface area contributed by atoms with Gasteiger partial charge in [0.05, 0.1) is 18.0 Å². The second kappa shape index (κ2) is 17.6. The summed E-state index contributed by atoms with van der Waals surface area (Å²) in [4.78, 5) is 36.5. The molecule has 6 heterocycles. The molecule has 0 radical (unpaired) electrons. The van der Waals surface area contributed by atoms with Crippen molar-refractivity contribution in [3.63, 3.8) is 0 Å². The van der Waals surface area contributed by atoms with Gasteiger partial charge in [-0.05, 0) is 31.4 Å². The van der Waals surface area contributed by atoms with E-state index in [-0.39, 0.29) is 36.5 Å². The molecule has 0 spiro atoms. The number of benzene rings is 1. The molecular formula is C49H61N5O8Sn. The van der Waals surface area contributed by atoms with Crippen molar-refractivity contribution >= 4 is 45.0 Å². The zero-order valence-electron chi connectivity index (χ0n) is 37.7. The fourth-order valence-corrected chi connectivity index (χ4v) is 13.3. The summed E-state index contributed by atoms with van der Waals surface area (Å²) in [7, 11) is 0. The van der Waals surface area contributed by atoms with Crippen molar-refractivity contribution in [2.75, 3.05) is 6.61 Å². The van der Waals surface area contributed by atoms with E-state index in [0.717, 1.165) is 90.9 Å². The summed E-state index contributed by atoms with van der Waals surface area (Å²) in [5, 5.41) is 58.8. The molecule has 7 aliphatic rings. The second-order valence-corrected chi connectivity index (χ2v) is 33.3. The van der Waals surface area contributed by atoms with Crippen LogP contribution in [-0.2, 0) is 20.9 Å². The van der Waals surface area contributed by atoms with Crippen molar-refractivity contribution in [1.82, 2.24) is 10.6 Å². The van der Waals surface area contributed by atoms with Gasteiger partial charge in [-0.3, -0.25) is 4.79 Å². The van der Waals surface area contributed by atoms with E-state index in [1.807, 2.05) is 13.0 Å². The van der Waals surface area contributed by atoms with Crippen LogP contribution in [0.15, 0.2) is 131 Å². The Morgan fingerprint density at radius 2 is 1.71 bits per heavy atom. The van der Waals surface area contributed by atoms with Gasteiger partial charge in [0.15, 0.2) is 6.23 Å². The van der Waals surface area contributed by atoms with Gasteiger partial charge in [0.1, 0.15) is 30.2 Å². The molecule has 2 saturated heterocycles. The second-order valence-electron chi connectivity index (χ2n) is 18.8. The van der Waals surface area contributed by atoms with E-state index < -0.39 is 61.5 Å². The Kier molecular flexibility index (Phi) is 12.7. The number of nitrogens with one attached hydrogen (secondary N) is 2. The number of carbonyl (C=O) groups is 1. The number of nitrogens with zero attached hydrogens (tertiary/aromatic N) is 3. The van der Waals surface area contributed by atoms with Crippen LogP contribution in [0.4, 0.5) is 0 Å². The van der Waals surface area contributed by atoms with E-state index in [2.05, 4.69) is 96.5 Å². The number of carbonyl (C=O) groups excluding carboxylic acids is 1. The fourth-order valence-electron chi connectivity index (χ4n) is 9.81.